The molecule has 1 unspecified atom stereocenters. The number of nitrogens with one attached hydrogen (secondary N) is 2. The van der Waals surface area contributed by atoms with Crippen LogP contribution in [0.25, 0.3) is 10.9 Å². The van der Waals surface area contributed by atoms with Gasteiger partial charge in [0.05, 0.1) is 17.8 Å². The molecule has 0 saturated heterocycles. The second-order valence-corrected chi connectivity index (χ2v) is 7.04. The van der Waals surface area contributed by atoms with Crippen LogP contribution in [-0.4, -0.2) is 27.1 Å². The summed E-state index contributed by atoms with van der Waals surface area (Å²) in [5, 5.41) is 14.0. The van der Waals surface area contributed by atoms with Gasteiger partial charge < -0.3 is 15.4 Å². The van der Waals surface area contributed by atoms with E-state index in [9.17, 15) is 9.90 Å². The van der Waals surface area contributed by atoms with Crippen LogP contribution in [0, 0.1) is 5.92 Å². The van der Waals surface area contributed by atoms with E-state index in [4.69, 9.17) is 0 Å². The maximum Gasteiger partial charge on any atom is 0.220 e. The minimum absolute atomic E-state index is 0.0207. The molecule has 1 aromatic carbocycles. The van der Waals surface area contributed by atoms with E-state index in [0.717, 1.165) is 16.8 Å². The molecular weight excluding hydrogens is 326 g/mol. The maximum atomic E-state index is 12.6. The van der Waals surface area contributed by atoms with E-state index < -0.39 is 0 Å². The number of carbonyl (C=O) groups is 1. The monoisotopic (exact) mass is 349 g/mol. The first-order valence-electron chi connectivity index (χ1n) is 9.14. The number of aliphatic hydroxyl groups is 1. The lowest BCUT2D eigenvalue weighted by Gasteiger charge is -2.37. The third kappa shape index (κ3) is 3.48. The number of H-pyrrole nitrogens is 1. The summed E-state index contributed by atoms with van der Waals surface area (Å²) in [5.41, 5.74) is 3.12. The number of amides is 1. The molecule has 1 amide bonds. The van der Waals surface area contributed by atoms with Crippen LogP contribution < -0.4 is 5.32 Å². The molecule has 26 heavy (non-hydrogen) atoms. The number of benzene rings is 1. The Bertz CT molecular complexity index is 884. The summed E-state index contributed by atoms with van der Waals surface area (Å²) in [6.07, 6.45) is 6.02. The van der Waals surface area contributed by atoms with E-state index >= 15 is 0 Å². The summed E-state index contributed by atoms with van der Waals surface area (Å²) in [7, 11) is 0. The largest absolute Gasteiger partial charge is 0.393 e. The van der Waals surface area contributed by atoms with Crippen LogP contribution >= 0.6 is 0 Å². The molecule has 4 rings (SSSR count). The first-order chi connectivity index (χ1) is 12.7. The molecule has 134 valence electrons. The maximum absolute atomic E-state index is 12.6. The number of aromatic amines is 1. The SMILES string of the molecule is O=C(CCc1c[nH]c2ccccc12)NC(c1ccccn1)C1CC(O)C1. The summed E-state index contributed by atoms with van der Waals surface area (Å²) >= 11 is 0. The quantitative estimate of drug-likeness (QED) is 0.640. The van der Waals surface area contributed by atoms with Gasteiger partial charge in [-0.1, -0.05) is 24.3 Å². The van der Waals surface area contributed by atoms with E-state index in [1.54, 1.807) is 6.20 Å². The molecule has 0 spiro atoms. The van der Waals surface area contributed by atoms with Crippen molar-refractivity contribution in [2.75, 3.05) is 0 Å². The molecule has 0 aliphatic heterocycles. The Morgan fingerprint density at radius 3 is 2.81 bits per heavy atom. The van der Waals surface area contributed by atoms with E-state index in [1.807, 2.05) is 42.6 Å². The van der Waals surface area contributed by atoms with Gasteiger partial charge >= 0.3 is 0 Å². The molecule has 0 bridgehead atoms. The van der Waals surface area contributed by atoms with Gasteiger partial charge in [-0.25, -0.2) is 0 Å². The van der Waals surface area contributed by atoms with Crippen molar-refractivity contribution in [1.82, 2.24) is 15.3 Å². The van der Waals surface area contributed by atoms with Gasteiger partial charge in [-0.05, 0) is 48.9 Å². The van der Waals surface area contributed by atoms with Crippen LogP contribution in [0.1, 0.15) is 36.6 Å². The minimum atomic E-state index is -0.255. The predicted molar refractivity (Wildman–Crippen MR) is 100 cm³/mol. The molecule has 1 saturated carbocycles. The normalized spacial score (nSPS) is 20.5. The molecule has 5 nitrogen and oxygen atoms in total. The number of fused-ring (bicyclic) bond motifs is 1. The van der Waals surface area contributed by atoms with Gasteiger partial charge in [-0.3, -0.25) is 9.78 Å². The highest BCUT2D eigenvalue weighted by atomic mass is 16.3. The van der Waals surface area contributed by atoms with E-state index in [-0.39, 0.29) is 24.0 Å². The number of aryl methyl sites for hydroxylation is 1. The van der Waals surface area contributed by atoms with E-state index in [1.165, 1.54) is 5.39 Å². The van der Waals surface area contributed by atoms with Crippen molar-refractivity contribution in [3.05, 3.63) is 66.1 Å². The average Bonchev–Trinajstić information content (AvgIpc) is 3.06. The molecule has 2 aromatic heterocycles. The van der Waals surface area contributed by atoms with Crippen LogP contribution in [0.15, 0.2) is 54.9 Å². The van der Waals surface area contributed by atoms with Gasteiger partial charge in [-0.15, -0.1) is 0 Å². The van der Waals surface area contributed by atoms with E-state index in [0.29, 0.717) is 25.7 Å². The second-order valence-electron chi connectivity index (χ2n) is 7.04. The Balaban J connectivity index is 1.42. The van der Waals surface area contributed by atoms with Crippen LogP contribution in [0.5, 0.6) is 0 Å². The van der Waals surface area contributed by atoms with E-state index in [2.05, 4.69) is 21.4 Å². The smallest absolute Gasteiger partial charge is 0.220 e. The molecule has 2 heterocycles. The van der Waals surface area contributed by atoms with Crippen molar-refractivity contribution in [2.45, 2.75) is 37.8 Å². The Morgan fingerprint density at radius 1 is 1.23 bits per heavy atom. The van der Waals surface area contributed by atoms with Crippen molar-refractivity contribution in [1.29, 1.82) is 0 Å². The van der Waals surface area contributed by atoms with Gasteiger partial charge in [0.25, 0.3) is 0 Å². The van der Waals surface area contributed by atoms with Gasteiger partial charge in [0.2, 0.25) is 5.91 Å². The van der Waals surface area contributed by atoms with Gasteiger partial charge in [0.15, 0.2) is 0 Å². The Kier molecular flexibility index (Phi) is 4.71. The van der Waals surface area contributed by atoms with Gasteiger partial charge in [-0.2, -0.15) is 0 Å². The average molecular weight is 349 g/mol. The fourth-order valence-electron chi connectivity index (χ4n) is 3.73. The number of carbonyl (C=O) groups excluding carboxylic acids is 1. The number of aliphatic hydroxyl groups excluding tert-OH is 1. The summed E-state index contributed by atoms with van der Waals surface area (Å²) in [6.45, 7) is 0. The number of rotatable bonds is 6. The lowest BCUT2D eigenvalue weighted by Crippen LogP contribution is -2.41. The standard InChI is InChI=1S/C21H23N3O2/c25-16-11-15(12-16)21(19-7-3-4-10-22-19)24-20(26)9-8-14-13-23-18-6-2-1-5-17(14)18/h1-7,10,13,15-16,21,23,25H,8-9,11-12H2,(H,24,26). The topological polar surface area (TPSA) is 78.0 Å². The molecule has 1 fully saturated rings. The zero-order chi connectivity index (χ0) is 17.9. The number of aromatic nitrogens is 2. The minimum Gasteiger partial charge on any atom is -0.393 e. The number of hydrogen-bond donors (Lipinski definition) is 3. The second kappa shape index (κ2) is 7.30. The summed E-state index contributed by atoms with van der Waals surface area (Å²) < 4.78 is 0. The van der Waals surface area contributed by atoms with Crippen molar-refractivity contribution in [2.24, 2.45) is 5.92 Å². The Labute approximate surface area is 152 Å². The highest BCUT2D eigenvalue weighted by molar-refractivity contribution is 5.84. The van der Waals surface area contributed by atoms with Crippen LogP contribution in [-0.2, 0) is 11.2 Å². The van der Waals surface area contributed by atoms with Gasteiger partial charge in [0.1, 0.15) is 0 Å². The molecule has 1 aliphatic rings. The fourth-order valence-corrected chi connectivity index (χ4v) is 3.73. The molecular formula is C21H23N3O2. The lowest BCUT2D eigenvalue weighted by atomic mass is 9.76. The third-order valence-electron chi connectivity index (χ3n) is 5.24. The van der Waals surface area contributed by atoms with Crippen LogP contribution in [0.2, 0.25) is 0 Å². The molecule has 1 atom stereocenters. The van der Waals surface area contributed by atoms with Crippen LogP contribution in [0.4, 0.5) is 0 Å². The molecule has 0 radical (unpaired) electrons. The first kappa shape index (κ1) is 16.8. The zero-order valence-corrected chi connectivity index (χ0v) is 14.6. The highest BCUT2D eigenvalue weighted by Crippen LogP contribution is 2.37. The summed E-state index contributed by atoms with van der Waals surface area (Å²) in [6, 6.07) is 13.7. The van der Waals surface area contributed by atoms with Crippen molar-refractivity contribution in [3.8, 4) is 0 Å². The third-order valence-corrected chi connectivity index (χ3v) is 5.24. The number of nitrogens with zero attached hydrogens (tertiary/aromatic N) is 1. The molecule has 1 aliphatic carbocycles. The molecule has 3 aromatic rings. The Hall–Kier alpha value is -2.66. The van der Waals surface area contributed by atoms with Crippen LogP contribution in [0.3, 0.4) is 0 Å². The van der Waals surface area contributed by atoms with Gasteiger partial charge in [0, 0.05) is 29.7 Å². The van der Waals surface area contributed by atoms with Crippen molar-refractivity contribution >= 4 is 16.8 Å². The zero-order valence-electron chi connectivity index (χ0n) is 14.6. The summed E-state index contributed by atoms with van der Waals surface area (Å²) in [4.78, 5) is 20.2. The number of para-hydroxylation sites is 1. The molecule has 3 N–H and O–H groups in total. The van der Waals surface area contributed by atoms with Crippen molar-refractivity contribution < 1.29 is 9.90 Å². The Morgan fingerprint density at radius 2 is 2.04 bits per heavy atom. The fraction of sp³-hybridized carbons (Fsp3) is 0.333. The lowest BCUT2D eigenvalue weighted by molar-refractivity contribution is -0.123. The van der Waals surface area contributed by atoms with Crippen molar-refractivity contribution in [3.63, 3.8) is 0 Å². The first-order valence-corrected chi connectivity index (χ1v) is 9.14. The number of pyridine rings is 1. The molecule has 5 heteroatoms. The predicted octanol–water partition coefficient (Wildman–Crippen LogP) is 3.12. The number of hydrogen-bond acceptors (Lipinski definition) is 3. The summed E-state index contributed by atoms with van der Waals surface area (Å²) in [5.74, 6) is 0.268. The highest BCUT2D eigenvalue weighted by Gasteiger charge is 2.36.